The Morgan fingerprint density at radius 2 is 0.921 bits per heavy atom. The van der Waals surface area contributed by atoms with Crippen molar-refractivity contribution < 1.29 is 38.4 Å². The van der Waals surface area contributed by atoms with Crippen molar-refractivity contribution in [1.82, 2.24) is 57.3 Å². The van der Waals surface area contributed by atoms with Crippen LogP contribution in [0.25, 0.3) is 0 Å². The first-order valence-electron chi connectivity index (χ1n) is 26.9. The number of nitrogens with zero attached hydrogens (tertiary/aromatic N) is 3. The van der Waals surface area contributed by atoms with Crippen LogP contribution in [0.5, 0.6) is 0 Å². The third kappa shape index (κ3) is 13.3. The molecular weight excluding hydrogens is 967 g/mol. The van der Waals surface area contributed by atoms with Crippen LogP contribution in [0, 0.1) is 10.8 Å². The summed E-state index contributed by atoms with van der Waals surface area (Å²) in [5.74, 6) is -3.72. The lowest BCUT2D eigenvalue weighted by Crippen LogP contribution is -2.59. The number of aromatic nitrogens is 1. The molecule has 8 amide bonds. The summed E-state index contributed by atoms with van der Waals surface area (Å²) in [4.78, 5) is 120. The van der Waals surface area contributed by atoms with Gasteiger partial charge in [-0.05, 0) is 125 Å². The standard InChI is InChI=1S/C57H79N11O8/c1-32(58-9)48(69)65-46(56(3,4)5)54(75)67-30-36(28-44(67)52(73)63-40-24-15-20-34-18-11-13-22-38(34)40)60-50(71)42-26-17-27-43(62-42)51(72)61-37-29-45(53(74)64-41-25-16-21-35-19-12-14-23-39(35)41)68(31-37)55(76)47(57(6,7)8)66-49(70)33(2)59-10/h11-14,17-19,22-23,26-27,32-33,36-37,40-41,44-47,58-59H,15-16,20-21,24-25,28-31H2,1-10H3,(H,60,71)(H,61,72)(H,63,73)(H,64,74)(H,65,69)(H,66,70)/t32-,33-,36-,37-,40+,41+,44-,45?,46+,47+/m0/s1. The first kappa shape index (κ1) is 57.0. The summed E-state index contributed by atoms with van der Waals surface area (Å²) in [7, 11) is 3.29. The molecule has 410 valence electrons. The van der Waals surface area contributed by atoms with Crippen LogP contribution in [0.2, 0.25) is 0 Å². The second-order valence-electron chi connectivity index (χ2n) is 23.2. The zero-order valence-corrected chi connectivity index (χ0v) is 45.8. The number of amides is 8. The molecule has 1 aromatic heterocycles. The number of carbonyl (C=O) groups is 8. The molecule has 3 heterocycles. The molecule has 2 fully saturated rings. The molecule has 0 spiro atoms. The largest absolute Gasteiger partial charge is 0.347 e. The van der Waals surface area contributed by atoms with Crippen LogP contribution < -0.4 is 42.5 Å². The van der Waals surface area contributed by atoms with Crippen molar-refractivity contribution in [3.63, 3.8) is 0 Å². The Kier molecular flexibility index (Phi) is 18.1. The number of pyridine rings is 1. The number of aryl methyl sites for hydroxylation is 2. The van der Waals surface area contributed by atoms with Gasteiger partial charge in [0.1, 0.15) is 35.6 Å². The van der Waals surface area contributed by atoms with Crippen LogP contribution >= 0.6 is 0 Å². The quantitative estimate of drug-likeness (QED) is 0.104. The fourth-order valence-electron chi connectivity index (χ4n) is 10.8. The van der Waals surface area contributed by atoms with Crippen LogP contribution in [0.4, 0.5) is 0 Å². The van der Waals surface area contributed by atoms with Crippen molar-refractivity contribution in [3.8, 4) is 0 Å². The molecule has 2 aromatic carbocycles. The van der Waals surface area contributed by atoms with Gasteiger partial charge in [-0.2, -0.15) is 0 Å². The molecule has 8 N–H and O–H groups in total. The predicted octanol–water partition coefficient (Wildman–Crippen LogP) is 3.15. The SMILES string of the molecule is CN[C@@H](C)C(=O)N[C@H](C(=O)N1C[C@@H](NC(=O)c2cccc(C(=O)N[C@H]3C[C@@H](C(=O)N[C@@H]4CCCc5ccccc54)N(C(=O)[C@@H](NC(=O)[C@H](C)NC)C(C)(C)C)C3)n2)CC1C(=O)N[C@@H]1CCCc2ccccc21)C(C)(C)C. The molecule has 76 heavy (non-hydrogen) atoms. The van der Waals surface area contributed by atoms with Crippen molar-refractivity contribution in [1.29, 1.82) is 0 Å². The van der Waals surface area contributed by atoms with Crippen molar-refractivity contribution in [2.75, 3.05) is 27.2 Å². The topological polar surface area (TPSA) is 252 Å². The first-order valence-corrected chi connectivity index (χ1v) is 26.9. The average Bonchev–Trinajstić information content (AvgIpc) is 4.03. The summed E-state index contributed by atoms with van der Waals surface area (Å²) in [5.41, 5.74) is 2.67. The van der Waals surface area contributed by atoms with E-state index in [1.807, 2.05) is 77.9 Å². The number of fused-ring (bicyclic) bond motifs is 2. The molecule has 7 rings (SSSR count). The van der Waals surface area contributed by atoms with E-state index in [1.165, 1.54) is 28.0 Å². The maximum Gasteiger partial charge on any atom is 0.270 e. The maximum absolute atomic E-state index is 14.7. The molecule has 0 saturated carbocycles. The van der Waals surface area contributed by atoms with Gasteiger partial charge in [0.05, 0.1) is 24.2 Å². The lowest BCUT2D eigenvalue weighted by molar-refractivity contribution is -0.144. The highest BCUT2D eigenvalue weighted by molar-refractivity contribution is 5.98. The van der Waals surface area contributed by atoms with E-state index in [0.29, 0.717) is 0 Å². The lowest BCUT2D eigenvalue weighted by Gasteiger charge is -2.36. The number of likely N-dealkylation sites (tertiary alicyclic amines) is 2. The molecule has 2 aliphatic heterocycles. The molecule has 2 aliphatic carbocycles. The van der Waals surface area contributed by atoms with Gasteiger partial charge >= 0.3 is 0 Å². The summed E-state index contributed by atoms with van der Waals surface area (Å²) in [5, 5.41) is 24.0. The Morgan fingerprint density at radius 3 is 1.29 bits per heavy atom. The van der Waals surface area contributed by atoms with Gasteiger partial charge in [-0.15, -0.1) is 0 Å². The highest BCUT2D eigenvalue weighted by Crippen LogP contribution is 2.34. The smallest absolute Gasteiger partial charge is 0.270 e. The molecule has 2 saturated heterocycles. The fourth-order valence-corrected chi connectivity index (χ4v) is 10.8. The number of rotatable bonds is 16. The fraction of sp³-hybridized carbons (Fsp3) is 0.561. The van der Waals surface area contributed by atoms with E-state index < -0.39 is 82.8 Å². The Morgan fingerprint density at radius 1 is 0.539 bits per heavy atom. The van der Waals surface area contributed by atoms with Gasteiger partial charge < -0.3 is 52.3 Å². The summed E-state index contributed by atoms with van der Waals surface area (Å²) >= 11 is 0. The maximum atomic E-state index is 14.7. The van der Waals surface area contributed by atoms with Crippen molar-refractivity contribution in [2.45, 2.75) is 167 Å². The molecule has 0 radical (unpaired) electrons. The number of hydrogen-bond donors (Lipinski definition) is 8. The molecule has 19 nitrogen and oxygen atoms in total. The van der Waals surface area contributed by atoms with Crippen LogP contribution in [0.3, 0.4) is 0 Å². The average molecular weight is 1050 g/mol. The van der Waals surface area contributed by atoms with Gasteiger partial charge in [-0.25, -0.2) is 4.98 Å². The second-order valence-corrected chi connectivity index (χ2v) is 23.2. The van der Waals surface area contributed by atoms with Gasteiger partial charge in [-0.1, -0.05) is 96.1 Å². The van der Waals surface area contributed by atoms with E-state index in [2.05, 4.69) is 59.7 Å². The zero-order valence-electron chi connectivity index (χ0n) is 45.8. The summed E-state index contributed by atoms with van der Waals surface area (Å²) in [6, 6.07) is 13.2. The van der Waals surface area contributed by atoms with E-state index in [4.69, 9.17) is 0 Å². The van der Waals surface area contributed by atoms with Crippen LogP contribution in [0.1, 0.15) is 149 Å². The van der Waals surface area contributed by atoms with Gasteiger partial charge in [0.2, 0.25) is 35.4 Å². The van der Waals surface area contributed by atoms with Gasteiger partial charge in [0, 0.05) is 25.2 Å². The van der Waals surface area contributed by atoms with Crippen molar-refractivity contribution in [2.24, 2.45) is 10.8 Å². The Hall–Kier alpha value is -6.73. The minimum absolute atomic E-state index is 0.0404. The predicted molar refractivity (Wildman–Crippen MR) is 287 cm³/mol. The highest BCUT2D eigenvalue weighted by atomic mass is 16.2. The molecular formula is C57H79N11O8. The highest BCUT2D eigenvalue weighted by Gasteiger charge is 2.48. The van der Waals surface area contributed by atoms with Gasteiger partial charge in [0.15, 0.2) is 0 Å². The van der Waals surface area contributed by atoms with Crippen LogP contribution in [-0.4, -0.2) is 138 Å². The lowest BCUT2D eigenvalue weighted by atomic mass is 9.85. The van der Waals surface area contributed by atoms with E-state index in [-0.39, 0.29) is 73.0 Å². The third-order valence-corrected chi connectivity index (χ3v) is 15.5. The van der Waals surface area contributed by atoms with Gasteiger partial charge in [0.25, 0.3) is 11.8 Å². The number of carbonyl (C=O) groups excluding carboxylic acids is 8. The normalized spacial score (nSPS) is 22.9. The summed E-state index contributed by atoms with van der Waals surface area (Å²) in [6.45, 7) is 14.3. The Labute approximate surface area is 447 Å². The molecule has 3 aromatic rings. The number of likely N-dealkylation sites (N-methyl/N-ethyl adjacent to an activating group) is 2. The van der Waals surface area contributed by atoms with Crippen LogP contribution in [0.15, 0.2) is 66.7 Å². The van der Waals surface area contributed by atoms with E-state index in [0.717, 1.165) is 60.8 Å². The first-order chi connectivity index (χ1) is 36.0. The Bertz CT molecular complexity index is 2490. The molecule has 1 unspecified atom stereocenters. The monoisotopic (exact) mass is 1050 g/mol. The summed E-state index contributed by atoms with van der Waals surface area (Å²) < 4.78 is 0. The minimum atomic E-state index is -1.01. The minimum Gasteiger partial charge on any atom is -0.347 e. The third-order valence-electron chi connectivity index (χ3n) is 15.5. The van der Waals surface area contributed by atoms with Gasteiger partial charge in [-0.3, -0.25) is 38.4 Å². The van der Waals surface area contributed by atoms with Crippen molar-refractivity contribution in [3.05, 3.63) is 100 Å². The number of hydrogen-bond acceptors (Lipinski definition) is 11. The Balaban J connectivity index is 1.09. The van der Waals surface area contributed by atoms with E-state index in [9.17, 15) is 38.4 Å². The zero-order chi connectivity index (χ0) is 55.2. The van der Waals surface area contributed by atoms with E-state index >= 15 is 0 Å². The molecule has 19 heteroatoms. The number of nitrogens with one attached hydrogen (secondary N) is 8. The van der Waals surface area contributed by atoms with Crippen molar-refractivity contribution >= 4 is 47.3 Å². The number of benzene rings is 2. The molecule has 10 atom stereocenters. The van der Waals surface area contributed by atoms with E-state index in [1.54, 1.807) is 27.9 Å². The molecule has 4 aliphatic rings. The second kappa shape index (κ2) is 24.1. The summed E-state index contributed by atoms with van der Waals surface area (Å²) in [6.07, 6.45) is 5.13. The van der Waals surface area contributed by atoms with Crippen LogP contribution in [-0.2, 0) is 41.6 Å². The molecule has 0 bridgehead atoms.